The van der Waals surface area contributed by atoms with Gasteiger partial charge in [-0.1, -0.05) is 203 Å². The first-order chi connectivity index (χ1) is 35.7. The number of aromatic nitrogens is 3. The van der Waals surface area contributed by atoms with Crippen LogP contribution in [0, 0.1) is 18.8 Å². The van der Waals surface area contributed by atoms with Gasteiger partial charge in [-0.3, -0.25) is 0 Å². The molecule has 4 heterocycles. The summed E-state index contributed by atoms with van der Waals surface area (Å²) in [6.07, 6.45) is 1.91. The maximum atomic E-state index is 9.32. The summed E-state index contributed by atoms with van der Waals surface area (Å²) < 4.78 is 21.0. The maximum Gasteiger partial charge on any atom is 0.135 e. The van der Waals surface area contributed by atoms with Crippen LogP contribution in [-0.4, -0.2) is 14.1 Å². The molecule has 11 aromatic rings. The van der Waals surface area contributed by atoms with Gasteiger partial charge >= 0.3 is 0 Å². The number of hydrogen-bond acceptors (Lipinski definition) is 3. The molecule has 0 spiro atoms. The van der Waals surface area contributed by atoms with Crippen LogP contribution in [0.1, 0.15) is 106 Å². The summed E-state index contributed by atoms with van der Waals surface area (Å²) in [4.78, 5) is 7.22. The summed E-state index contributed by atoms with van der Waals surface area (Å²) in [5.41, 5.74) is 12.2. The van der Waals surface area contributed by atoms with E-state index in [1.165, 1.54) is 21.9 Å². The van der Waals surface area contributed by atoms with E-state index in [4.69, 9.17) is 9.72 Å². The van der Waals surface area contributed by atoms with Gasteiger partial charge in [-0.05, 0) is 130 Å². The van der Waals surface area contributed by atoms with Gasteiger partial charge in [-0.15, -0.1) is 41.3 Å². The Morgan fingerprint density at radius 2 is 1.12 bits per heavy atom. The zero-order valence-electron chi connectivity index (χ0n) is 45.8. The quantitative estimate of drug-likeness (QED) is 0.156. The Kier molecular flexibility index (Phi) is 12.0. The molecule has 6 heteroatoms. The summed E-state index contributed by atoms with van der Waals surface area (Å²) >= 11 is 0. The van der Waals surface area contributed by atoms with Crippen LogP contribution >= 0.6 is 0 Å². The van der Waals surface area contributed by atoms with E-state index in [0.717, 1.165) is 93.8 Å². The minimum Gasteiger partial charge on any atom is -0.509 e. The second kappa shape index (κ2) is 18.5. The van der Waals surface area contributed by atoms with Crippen LogP contribution < -0.4 is 9.64 Å². The van der Waals surface area contributed by atoms with Crippen molar-refractivity contribution in [1.82, 2.24) is 14.1 Å². The van der Waals surface area contributed by atoms with Crippen molar-refractivity contribution in [2.24, 2.45) is 0 Å². The van der Waals surface area contributed by atoms with Crippen LogP contribution in [0.5, 0.6) is 11.5 Å². The number of para-hydroxylation sites is 3. The molecule has 3 aromatic heterocycles. The molecule has 1 aliphatic heterocycles. The van der Waals surface area contributed by atoms with Gasteiger partial charge in [-0.2, -0.15) is 6.07 Å². The van der Waals surface area contributed by atoms with Crippen LogP contribution in [0.25, 0.3) is 82.1 Å². The van der Waals surface area contributed by atoms with Gasteiger partial charge in [0.15, 0.2) is 0 Å². The van der Waals surface area contributed by atoms with Gasteiger partial charge in [0.2, 0.25) is 0 Å². The van der Waals surface area contributed by atoms with E-state index in [0.29, 0.717) is 11.5 Å². The number of ether oxygens (including phenoxy) is 1. The third-order valence-corrected chi connectivity index (χ3v) is 15.0. The minimum atomic E-state index is -0.813. The van der Waals surface area contributed by atoms with Crippen molar-refractivity contribution in [3.63, 3.8) is 0 Å². The van der Waals surface area contributed by atoms with Crippen LogP contribution in [-0.2, 0) is 37.3 Å². The fourth-order valence-corrected chi connectivity index (χ4v) is 10.9. The topological polar surface area (TPSA) is 35.2 Å². The first-order valence-corrected chi connectivity index (χ1v) is 25.9. The molecule has 0 radical (unpaired) electrons. The average Bonchev–Trinajstić information content (AvgIpc) is 3.94. The summed E-state index contributed by atoms with van der Waals surface area (Å²) in [5.74, 6) is 1.21. The van der Waals surface area contributed by atoms with Crippen molar-refractivity contribution >= 4 is 76.5 Å². The zero-order valence-corrected chi connectivity index (χ0v) is 47.0. The Hall–Kier alpha value is -7.33. The Morgan fingerprint density at radius 3 is 1.77 bits per heavy atom. The van der Waals surface area contributed by atoms with Gasteiger partial charge in [0, 0.05) is 51.3 Å². The molecule has 0 fully saturated rings. The SMILES string of the molecule is [2H]C(C)(C)c1cc(-c2cccc3c4ccccc4c4ccccc4c4cccc5c4n(c23)[CH-]N5c2[c-]c(Oc3[c-]c4c(cc3)c3ccccc3n4-c3cc(C(C)(C)C)ccn3)cc(C(C)(C)C)c2)cc(C(C)(C)C)c1.[Pt]. The van der Waals surface area contributed by atoms with Crippen molar-refractivity contribution in [2.75, 3.05) is 4.90 Å². The Morgan fingerprint density at radius 1 is 0.533 bits per heavy atom. The van der Waals surface area contributed by atoms with Crippen LogP contribution in [0.2, 0.25) is 0 Å². The molecule has 0 N–H and O–H groups in total. The van der Waals surface area contributed by atoms with Gasteiger partial charge in [0.1, 0.15) is 5.82 Å². The molecule has 75 heavy (non-hydrogen) atoms. The fraction of sp³-hybridized carbons (Fsp3) is 0.217. The number of anilines is 2. The smallest absolute Gasteiger partial charge is 0.135 e. The number of hydrogen-bond donors (Lipinski definition) is 0. The van der Waals surface area contributed by atoms with Gasteiger partial charge in [0.25, 0.3) is 0 Å². The minimum absolute atomic E-state index is 0. The monoisotopic (exact) mass is 1160 g/mol. The number of nitrogens with zero attached hydrogens (tertiary/aromatic N) is 4. The van der Waals surface area contributed by atoms with Crippen molar-refractivity contribution in [3.05, 3.63) is 211 Å². The molecule has 0 saturated heterocycles. The summed E-state index contributed by atoms with van der Waals surface area (Å²) in [5, 5.41) is 9.11. The van der Waals surface area contributed by atoms with Gasteiger partial charge in [-0.25, -0.2) is 4.98 Å². The Balaban J connectivity index is 0.00000616. The normalized spacial score (nSPS) is 13.2. The molecule has 378 valence electrons. The number of benzene rings is 8. The fourth-order valence-electron chi connectivity index (χ4n) is 10.9. The van der Waals surface area contributed by atoms with Crippen molar-refractivity contribution in [1.29, 1.82) is 0 Å². The molecule has 0 unspecified atom stereocenters. The van der Waals surface area contributed by atoms with Crippen LogP contribution in [0.15, 0.2) is 170 Å². The van der Waals surface area contributed by atoms with Gasteiger partial charge < -0.3 is 18.8 Å². The predicted molar refractivity (Wildman–Crippen MR) is 312 cm³/mol. The van der Waals surface area contributed by atoms with E-state index in [9.17, 15) is 1.37 Å². The third kappa shape index (κ3) is 8.73. The summed E-state index contributed by atoms with van der Waals surface area (Å²) in [6.45, 7) is 26.5. The van der Waals surface area contributed by atoms with E-state index in [1.807, 2.05) is 26.1 Å². The van der Waals surface area contributed by atoms with E-state index >= 15 is 0 Å². The number of fused-ring (bicyclic) bond motifs is 10. The summed E-state index contributed by atoms with van der Waals surface area (Å²) in [7, 11) is 0. The molecule has 12 rings (SSSR count). The molecule has 0 aliphatic carbocycles. The second-order valence-corrected chi connectivity index (χ2v) is 23.4. The molecule has 0 atom stereocenters. The first kappa shape index (κ1) is 48.6. The molecule has 0 bridgehead atoms. The zero-order chi connectivity index (χ0) is 52.3. The largest absolute Gasteiger partial charge is 0.509 e. The van der Waals surface area contributed by atoms with E-state index in [2.05, 4.69) is 253 Å². The average molecular weight is 1160 g/mol. The van der Waals surface area contributed by atoms with E-state index < -0.39 is 5.89 Å². The standard InChI is InChI=1S/C69H63N4O.Pt/c1-43(2)44-34-45(36-47(35-44)68(6,7)8)52-25-18-26-59-55-22-14-12-20-53(55)54-21-13-15-23-56(54)60-27-19-29-62-66(60)72(65(52)59)42-71(62)49-37-48(69(9,10)11)38-51(40-49)74-50-30-31-58-57-24-16-17-28-61(57)73(63(58)41-50)64-39-46(32-33-70-64)67(3,4)5;/h12-39,42-43H,1-11H3;/q-3;/i43D;. The van der Waals surface area contributed by atoms with Crippen molar-refractivity contribution in [3.8, 4) is 28.4 Å². The molecule has 0 amide bonds. The summed E-state index contributed by atoms with van der Waals surface area (Å²) in [6, 6.07) is 66.7. The van der Waals surface area contributed by atoms with Crippen LogP contribution in [0.3, 0.4) is 0 Å². The van der Waals surface area contributed by atoms with Crippen molar-refractivity contribution in [2.45, 2.75) is 98.3 Å². The second-order valence-electron chi connectivity index (χ2n) is 23.4. The van der Waals surface area contributed by atoms with E-state index in [1.54, 1.807) is 0 Å². The molecular weight excluding hydrogens is 1100 g/mol. The predicted octanol–water partition coefficient (Wildman–Crippen LogP) is 18.9. The molecule has 5 nitrogen and oxygen atoms in total. The third-order valence-electron chi connectivity index (χ3n) is 15.0. The van der Waals surface area contributed by atoms with Crippen LogP contribution in [0.4, 0.5) is 11.4 Å². The number of pyridine rings is 1. The number of rotatable bonds is 6. The molecule has 8 aromatic carbocycles. The first-order valence-electron chi connectivity index (χ1n) is 26.4. The van der Waals surface area contributed by atoms with Crippen molar-refractivity contribution < 1.29 is 27.2 Å². The molecular formula is C69H63N4OPt-3. The molecule has 0 saturated carbocycles. The van der Waals surface area contributed by atoms with Gasteiger partial charge in [0.05, 0.1) is 0 Å². The van der Waals surface area contributed by atoms with E-state index in [-0.39, 0.29) is 37.3 Å². The Bertz CT molecular complexity index is 4160. The molecule has 1 aliphatic rings. The maximum absolute atomic E-state index is 9.32. The Labute approximate surface area is 457 Å².